The van der Waals surface area contributed by atoms with Crippen molar-refractivity contribution in [1.29, 1.82) is 0 Å². The minimum absolute atomic E-state index is 0.126. The maximum absolute atomic E-state index is 13.5. The van der Waals surface area contributed by atoms with Gasteiger partial charge in [-0.1, -0.05) is 42.2 Å². The van der Waals surface area contributed by atoms with Crippen LogP contribution in [0.2, 0.25) is 0 Å². The molecule has 1 saturated heterocycles. The zero-order valence-electron chi connectivity index (χ0n) is 19.1. The topological polar surface area (TPSA) is 88.2 Å². The maximum atomic E-state index is 13.5. The predicted octanol–water partition coefficient (Wildman–Crippen LogP) is 3.67. The molecule has 0 aromatic heterocycles. The number of hydrogen-bond acceptors (Lipinski definition) is 7. The lowest BCUT2D eigenvalue weighted by atomic mass is 10.1. The molecule has 34 heavy (non-hydrogen) atoms. The number of carbonyl (C=O) groups is 3. The van der Waals surface area contributed by atoms with E-state index in [4.69, 9.17) is 21.7 Å². The molecule has 0 spiro atoms. The molecular weight excluding hydrogens is 474 g/mol. The molecule has 0 aliphatic carbocycles. The van der Waals surface area contributed by atoms with Gasteiger partial charge >= 0.3 is 0 Å². The monoisotopic (exact) mass is 497 g/mol. The van der Waals surface area contributed by atoms with Crippen LogP contribution in [0.4, 0.5) is 11.4 Å². The number of carbonyl (C=O) groups excluding carboxylic acids is 3. The number of amides is 3. The zero-order chi connectivity index (χ0) is 24.6. The first-order valence-electron chi connectivity index (χ1n) is 10.5. The van der Waals surface area contributed by atoms with Crippen LogP contribution in [-0.2, 0) is 14.4 Å². The third kappa shape index (κ3) is 4.14. The van der Waals surface area contributed by atoms with E-state index in [0.717, 1.165) is 11.8 Å². The number of hydrogen-bond donors (Lipinski definition) is 1. The Bertz CT molecular complexity index is 1240. The lowest BCUT2D eigenvalue weighted by Gasteiger charge is -2.18. The highest BCUT2D eigenvalue weighted by atomic mass is 32.2. The smallest absolute Gasteiger partial charge is 0.267 e. The van der Waals surface area contributed by atoms with Crippen molar-refractivity contribution in [2.24, 2.45) is 0 Å². The van der Waals surface area contributed by atoms with Gasteiger partial charge in [0.1, 0.15) is 22.4 Å². The maximum Gasteiger partial charge on any atom is 0.267 e. The molecule has 4 rings (SSSR count). The number of thiocarbonyl (C=S) groups is 1. The second-order valence-electron chi connectivity index (χ2n) is 7.86. The van der Waals surface area contributed by atoms with Crippen molar-refractivity contribution in [2.45, 2.75) is 19.9 Å². The molecular formula is C24H23N3O5S2. The SMILES string of the molecule is COc1ccc(NC(=O)CN2C(=O)/C(=C3\SC(=S)N(C(C)C)C3=O)c3ccccc32)c(OC)c1. The van der Waals surface area contributed by atoms with Crippen LogP contribution in [-0.4, -0.2) is 53.7 Å². The van der Waals surface area contributed by atoms with E-state index in [1.54, 1.807) is 42.5 Å². The van der Waals surface area contributed by atoms with Gasteiger partial charge in [-0.05, 0) is 32.0 Å². The zero-order valence-corrected chi connectivity index (χ0v) is 20.7. The highest BCUT2D eigenvalue weighted by Crippen LogP contribution is 2.45. The molecule has 2 heterocycles. The predicted molar refractivity (Wildman–Crippen MR) is 136 cm³/mol. The molecule has 2 aliphatic rings. The summed E-state index contributed by atoms with van der Waals surface area (Å²) in [6, 6.07) is 12.0. The standard InChI is InChI=1S/C24H23N3O5S2/c1-13(2)27-23(30)21(34-24(27)33)20-15-7-5-6-8-17(15)26(22(20)29)12-19(28)25-16-10-9-14(31-3)11-18(16)32-4/h5-11,13H,12H2,1-4H3,(H,25,28)/b21-20-. The van der Waals surface area contributed by atoms with Gasteiger partial charge in [0, 0.05) is 17.7 Å². The van der Waals surface area contributed by atoms with Gasteiger partial charge in [0.05, 0.1) is 36.1 Å². The molecule has 3 amide bonds. The largest absolute Gasteiger partial charge is 0.497 e. The van der Waals surface area contributed by atoms with Crippen LogP contribution in [0.25, 0.3) is 5.57 Å². The van der Waals surface area contributed by atoms with E-state index in [1.165, 1.54) is 24.0 Å². The Hall–Kier alpha value is -3.37. The number of benzene rings is 2. The number of anilines is 2. The van der Waals surface area contributed by atoms with Gasteiger partial charge in [-0.3, -0.25) is 24.2 Å². The fourth-order valence-electron chi connectivity index (χ4n) is 3.87. The van der Waals surface area contributed by atoms with Crippen molar-refractivity contribution in [1.82, 2.24) is 4.90 Å². The van der Waals surface area contributed by atoms with Gasteiger partial charge in [-0.25, -0.2) is 0 Å². The number of thioether (sulfide) groups is 1. The molecule has 0 saturated carbocycles. The minimum Gasteiger partial charge on any atom is -0.497 e. The molecule has 8 nitrogen and oxygen atoms in total. The van der Waals surface area contributed by atoms with Crippen LogP contribution >= 0.6 is 24.0 Å². The number of ether oxygens (including phenoxy) is 2. The van der Waals surface area contributed by atoms with Crippen LogP contribution in [0.5, 0.6) is 11.5 Å². The van der Waals surface area contributed by atoms with Gasteiger partial charge < -0.3 is 14.8 Å². The van der Waals surface area contributed by atoms with E-state index in [-0.39, 0.29) is 29.0 Å². The van der Waals surface area contributed by atoms with E-state index in [0.29, 0.717) is 32.8 Å². The summed E-state index contributed by atoms with van der Waals surface area (Å²) < 4.78 is 10.9. The fourth-order valence-corrected chi connectivity index (χ4v) is 5.46. The van der Waals surface area contributed by atoms with Gasteiger partial charge in [-0.2, -0.15) is 0 Å². The normalized spacial score (nSPS) is 17.5. The lowest BCUT2D eigenvalue weighted by molar-refractivity contribution is -0.123. The van der Waals surface area contributed by atoms with Crippen LogP contribution in [0, 0.1) is 0 Å². The Morgan fingerprint density at radius 2 is 1.82 bits per heavy atom. The minimum atomic E-state index is -0.415. The summed E-state index contributed by atoms with van der Waals surface area (Å²) >= 11 is 6.50. The first-order valence-corrected chi connectivity index (χ1v) is 11.7. The number of nitrogens with one attached hydrogen (secondary N) is 1. The second-order valence-corrected chi connectivity index (χ2v) is 9.51. The number of para-hydroxylation sites is 1. The molecule has 10 heteroatoms. The van der Waals surface area contributed by atoms with E-state index < -0.39 is 11.8 Å². The molecule has 2 aromatic rings. The molecule has 176 valence electrons. The Labute approximate surface area is 206 Å². The van der Waals surface area contributed by atoms with Crippen molar-refractivity contribution in [3.63, 3.8) is 0 Å². The van der Waals surface area contributed by atoms with Crippen molar-refractivity contribution < 1.29 is 23.9 Å². The molecule has 0 atom stereocenters. The molecule has 2 aliphatic heterocycles. The molecule has 1 fully saturated rings. The summed E-state index contributed by atoms with van der Waals surface area (Å²) in [4.78, 5) is 42.7. The molecule has 2 aromatic carbocycles. The van der Waals surface area contributed by atoms with E-state index >= 15 is 0 Å². The van der Waals surface area contributed by atoms with Crippen molar-refractivity contribution >= 4 is 63.0 Å². The summed E-state index contributed by atoms with van der Waals surface area (Å²) in [6.07, 6.45) is 0. The van der Waals surface area contributed by atoms with Gasteiger partial charge in [-0.15, -0.1) is 0 Å². The van der Waals surface area contributed by atoms with Crippen molar-refractivity contribution in [2.75, 3.05) is 31.0 Å². The Kier molecular flexibility index (Phi) is 6.63. The first kappa shape index (κ1) is 23.8. The van der Waals surface area contributed by atoms with Crippen LogP contribution < -0.4 is 19.7 Å². The lowest BCUT2D eigenvalue weighted by Crippen LogP contribution is -2.36. The second kappa shape index (κ2) is 9.47. The van der Waals surface area contributed by atoms with Crippen molar-refractivity contribution in [3.05, 3.63) is 52.9 Å². The summed E-state index contributed by atoms with van der Waals surface area (Å²) in [6.45, 7) is 3.50. The number of rotatable bonds is 6. The Morgan fingerprint density at radius 3 is 2.47 bits per heavy atom. The third-order valence-electron chi connectivity index (χ3n) is 5.45. The molecule has 0 bridgehead atoms. The Balaban J connectivity index is 1.64. The van der Waals surface area contributed by atoms with Gasteiger partial charge in [0.25, 0.3) is 11.8 Å². The fraction of sp³-hybridized carbons (Fsp3) is 0.250. The third-order valence-corrected chi connectivity index (χ3v) is 6.85. The van der Waals surface area contributed by atoms with Crippen molar-refractivity contribution in [3.8, 4) is 11.5 Å². The molecule has 1 N–H and O–H groups in total. The van der Waals surface area contributed by atoms with Crippen LogP contribution in [0.1, 0.15) is 19.4 Å². The van der Waals surface area contributed by atoms with Crippen LogP contribution in [0.15, 0.2) is 47.4 Å². The summed E-state index contributed by atoms with van der Waals surface area (Å²) in [5.74, 6) is -0.108. The van der Waals surface area contributed by atoms with Crippen LogP contribution in [0.3, 0.4) is 0 Å². The summed E-state index contributed by atoms with van der Waals surface area (Å²) in [7, 11) is 3.03. The Morgan fingerprint density at radius 1 is 1.09 bits per heavy atom. The number of fused-ring (bicyclic) bond motifs is 1. The average molecular weight is 498 g/mol. The first-order chi connectivity index (χ1) is 16.3. The van der Waals surface area contributed by atoms with E-state index in [2.05, 4.69) is 5.32 Å². The molecule has 0 unspecified atom stereocenters. The van der Waals surface area contributed by atoms with Gasteiger partial charge in [0.15, 0.2) is 0 Å². The number of methoxy groups -OCH3 is 2. The highest BCUT2D eigenvalue weighted by Gasteiger charge is 2.43. The molecule has 0 radical (unpaired) electrons. The van der Waals surface area contributed by atoms with Gasteiger partial charge in [0.2, 0.25) is 5.91 Å². The summed E-state index contributed by atoms with van der Waals surface area (Å²) in [5, 5.41) is 2.78. The summed E-state index contributed by atoms with van der Waals surface area (Å²) in [5.41, 5.74) is 1.89. The van der Waals surface area contributed by atoms with E-state index in [9.17, 15) is 14.4 Å². The quantitative estimate of drug-likeness (QED) is 0.481. The number of nitrogens with zero attached hydrogens (tertiary/aromatic N) is 2. The highest BCUT2D eigenvalue weighted by molar-refractivity contribution is 8.26. The van der Waals surface area contributed by atoms with E-state index in [1.807, 2.05) is 13.8 Å². The average Bonchev–Trinajstić information content (AvgIpc) is 3.26.